The quantitative estimate of drug-likeness (QED) is 0.659. The van der Waals surface area contributed by atoms with Gasteiger partial charge in [0.05, 0.1) is 11.9 Å². The van der Waals surface area contributed by atoms with E-state index in [2.05, 4.69) is 4.72 Å². The molecule has 0 saturated carbocycles. The van der Waals surface area contributed by atoms with E-state index in [4.69, 9.17) is 4.74 Å². The van der Waals surface area contributed by atoms with Crippen LogP contribution in [0.25, 0.3) is 0 Å². The molecule has 0 spiro atoms. The standard InChI is InChI=1S/C19H23NO5S/c1-25-17(12-15-8-4-2-5-9-15)14-26(23,24)20-18(19(21)22)13-16-10-6-3-7-11-16/h2-11,17-18,20H,12-14H2,1H3,(H,21,22)/t17?,18-/m0/s1. The van der Waals surface area contributed by atoms with Gasteiger partial charge in [-0.1, -0.05) is 60.7 Å². The molecule has 6 nitrogen and oxygen atoms in total. The van der Waals surface area contributed by atoms with Crippen LogP contribution < -0.4 is 4.72 Å². The van der Waals surface area contributed by atoms with Crippen LogP contribution in [-0.2, 0) is 32.4 Å². The van der Waals surface area contributed by atoms with E-state index in [1.54, 1.807) is 24.3 Å². The number of sulfonamides is 1. The minimum atomic E-state index is -3.83. The van der Waals surface area contributed by atoms with Gasteiger partial charge in [0.1, 0.15) is 6.04 Å². The number of aliphatic carboxylic acids is 1. The second-order valence-electron chi connectivity index (χ2n) is 6.03. The fourth-order valence-corrected chi connectivity index (χ4v) is 4.08. The SMILES string of the molecule is COC(Cc1ccccc1)CS(=O)(=O)N[C@@H](Cc1ccccc1)C(=O)O. The number of methoxy groups -OCH3 is 1. The molecule has 7 heteroatoms. The van der Waals surface area contributed by atoms with Crippen molar-refractivity contribution in [3.8, 4) is 0 Å². The van der Waals surface area contributed by atoms with E-state index in [1.165, 1.54) is 7.11 Å². The first-order valence-electron chi connectivity index (χ1n) is 8.23. The van der Waals surface area contributed by atoms with Gasteiger partial charge in [-0.2, -0.15) is 0 Å². The van der Waals surface area contributed by atoms with Gasteiger partial charge in [0.2, 0.25) is 10.0 Å². The van der Waals surface area contributed by atoms with Crippen LogP contribution in [-0.4, -0.2) is 44.5 Å². The summed E-state index contributed by atoms with van der Waals surface area (Å²) in [6.45, 7) is 0. The zero-order valence-corrected chi connectivity index (χ0v) is 15.4. The van der Waals surface area contributed by atoms with Crippen LogP contribution in [0, 0.1) is 0 Å². The fourth-order valence-electron chi connectivity index (χ4n) is 2.63. The maximum Gasteiger partial charge on any atom is 0.322 e. The normalized spacial score (nSPS) is 13.9. The Labute approximate surface area is 153 Å². The van der Waals surface area contributed by atoms with Crippen molar-refractivity contribution in [3.63, 3.8) is 0 Å². The molecule has 0 fully saturated rings. The van der Waals surface area contributed by atoms with Crippen LogP contribution in [0.2, 0.25) is 0 Å². The van der Waals surface area contributed by atoms with Crippen molar-refractivity contribution in [2.45, 2.75) is 25.0 Å². The van der Waals surface area contributed by atoms with Crippen molar-refractivity contribution < 1.29 is 23.1 Å². The molecule has 26 heavy (non-hydrogen) atoms. The fraction of sp³-hybridized carbons (Fsp3) is 0.316. The largest absolute Gasteiger partial charge is 0.480 e. The summed E-state index contributed by atoms with van der Waals surface area (Å²) in [5.74, 6) is -1.52. The molecule has 2 N–H and O–H groups in total. The third-order valence-corrected chi connectivity index (χ3v) is 5.40. The number of hydrogen-bond acceptors (Lipinski definition) is 4. The Bertz CT molecular complexity index is 793. The molecule has 2 aromatic carbocycles. The topological polar surface area (TPSA) is 92.7 Å². The molecule has 0 heterocycles. The van der Waals surface area contributed by atoms with E-state index in [1.807, 2.05) is 36.4 Å². The van der Waals surface area contributed by atoms with Gasteiger partial charge in [0.25, 0.3) is 0 Å². The highest BCUT2D eigenvalue weighted by atomic mass is 32.2. The van der Waals surface area contributed by atoms with Crippen LogP contribution in [0.5, 0.6) is 0 Å². The van der Waals surface area contributed by atoms with Gasteiger partial charge in [-0.25, -0.2) is 13.1 Å². The maximum absolute atomic E-state index is 12.4. The Hall–Kier alpha value is -2.22. The second-order valence-corrected chi connectivity index (χ2v) is 7.83. The first-order valence-corrected chi connectivity index (χ1v) is 9.88. The molecule has 0 amide bonds. The Morgan fingerprint density at radius 2 is 1.50 bits per heavy atom. The van der Waals surface area contributed by atoms with Gasteiger partial charge in [0, 0.05) is 7.11 Å². The van der Waals surface area contributed by atoms with Crippen LogP contribution in [0.15, 0.2) is 60.7 Å². The molecule has 140 valence electrons. The number of carboxylic acid groups (broad SMARTS) is 1. The van der Waals surface area contributed by atoms with E-state index in [-0.39, 0.29) is 12.2 Å². The minimum absolute atomic E-state index is 0.0751. The Morgan fingerprint density at radius 1 is 1.00 bits per heavy atom. The van der Waals surface area contributed by atoms with Crippen LogP contribution in [0.4, 0.5) is 0 Å². The minimum Gasteiger partial charge on any atom is -0.480 e. The molecule has 0 saturated heterocycles. The van der Waals surface area contributed by atoms with Crippen molar-refractivity contribution >= 4 is 16.0 Å². The molecule has 2 aromatic rings. The van der Waals surface area contributed by atoms with E-state index in [0.29, 0.717) is 6.42 Å². The molecular weight excluding hydrogens is 354 g/mol. The van der Waals surface area contributed by atoms with Gasteiger partial charge in [-0.05, 0) is 24.0 Å². The summed E-state index contributed by atoms with van der Waals surface area (Å²) in [6.07, 6.45) is -0.0680. The molecule has 0 aliphatic heterocycles. The number of hydrogen-bond donors (Lipinski definition) is 2. The predicted molar refractivity (Wildman–Crippen MR) is 99.4 cm³/mol. The number of rotatable bonds is 10. The van der Waals surface area contributed by atoms with Gasteiger partial charge in [-0.3, -0.25) is 4.79 Å². The van der Waals surface area contributed by atoms with Crippen LogP contribution in [0.1, 0.15) is 11.1 Å². The van der Waals surface area contributed by atoms with E-state index >= 15 is 0 Å². The molecule has 2 rings (SSSR count). The molecule has 0 aliphatic rings. The Morgan fingerprint density at radius 3 is 1.96 bits per heavy atom. The zero-order chi connectivity index (χ0) is 19.0. The van der Waals surface area contributed by atoms with Crippen molar-refractivity contribution in [2.24, 2.45) is 0 Å². The summed E-state index contributed by atoms with van der Waals surface area (Å²) in [6, 6.07) is 17.1. The van der Waals surface area contributed by atoms with E-state index < -0.39 is 28.1 Å². The highest BCUT2D eigenvalue weighted by Gasteiger charge is 2.27. The summed E-state index contributed by atoms with van der Waals surface area (Å²) in [4.78, 5) is 11.5. The summed E-state index contributed by atoms with van der Waals surface area (Å²) >= 11 is 0. The summed E-state index contributed by atoms with van der Waals surface area (Å²) in [7, 11) is -2.39. The number of benzene rings is 2. The number of carbonyl (C=O) groups is 1. The van der Waals surface area contributed by atoms with Crippen molar-refractivity contribution in [1.82, 2.24) is 4.72 Å². The lowest BCUT2D eigenvalue weighted by Gasteiger charge is -2.19. The van der Waals surface area contributed by atoms with E-state index in [9.17, 15) is 18.3 Å². The third kappa shape index (κ3) is 6.59. The predicted octanol–water partition coefficient (Wildman–Crippen LogP) is 1.86. The van der Waals surface area contributed by atoms with Crippen molar-refractivity contribution in [3.05, 3.63) is 71.8 Å². The van der Waals surface area contributed by atoms with Gasteiger partial charge in [-0.15, -0.1) is 0 Å². The molecular formula is C19H23NO5S. The average molecular weight is 377 g/mol. The molecule has 2 atom stereocenters. The molecule has 1 unspecified atom stereocenters. The Kier molecular flexibility index (Phi) is 7.32. The second kappa shape index (κ2) is 9.47. The lowest BCUT2D eigenvalue weighted by Crippen LogP contribution is -2.45. The molecule has 0 aromatic heterocycles. The number of ether oxygens (including phenoxy) is 1. The monoisotopic (exact) mass is 377 g/mol. The number of nitrogens with one attached hydrogen (secondary N) is 1. The zero-order valence-electron chi connectivity index (χ0n) is 14.5. The summed E-state index contributed by atoms with van der Waals surface area (Å²) < 4.78 is 32.4. The third-order valence-electron chi connectivity index (χ3n) is 3.95. The summed E-state index contributed by atoms with van der Waals surface area (Å²) in [5.41, 5.74) is 1.70. The highest BCUT2D eigenvalue weighted by molar-refractivity contribution is 7.89. The lowest BCUT2D eigenvalue weighted by atomic mass is 10.1. The molecule has 0 bridgehead atoms. The smallest absolute Gasteiger partial charge is 0.322 e. The van der Waals surface area contributed by atoms with Gasteiger partial charge >= 0.3 is 5.97 Å². The highest BCUT2D eigenvalue weighted by Crippen LogP contribution is 2.09. The molecule has 0 aliphatic carbocycles. The average Bonchev–Trinajstić information content (AvgIpc) is 2.62. The van der Waals surface area contributed by atoms with Gasteiger partial charge < -0.3 is 9.84 Å². The van der Waals surface area contributed by atoms with E-state index in [0.717, 1.165) is 11.1 Å². The van der Waals surface area contributed by atoms with Gasteiger partial charge in [0.15, 0.2) is 0 Å². The Balaban J connectivity index is 2.03. The maximum atomic E-state index is 12.4. The van der Waals surface area contributed by atoms with Crippen LogP contribution >= 0.6 is 0 Å². The van der Waals surface area contributed by atoms with Crippen molar-refractivity contribution in [1.29, 1.82) is 0 Å². The lowest BCUT2D eigenvalue weighted by molar-refractivity contribution is -0.138. The first-order chi connectivity index (χ1) is 12.4. The first kappa shape index (κ1) is 20.1. The number of carboxylic acids is 1. The summed E-state index contributed by atoms with van der Waals surface area (Å²) in [5, 5.41) is 9.37. The van der Waals surface area contributed by atoms with Crippen molar-refractivity contribution in [2.75, 3.05) is 12.9 Å². The molecule has 0 radical (unpaired) electrons. The van der Waals surface area contributed by atoms with Crippen LogP contribution in [0.3, 0.4) is 0 Å².